The summed E-state index contributed by atoms with van der Waals surface area (Å²) in [6.45, 7) is 1.75. The van der Waals surface area contributed by atoms with Crippen LogP contribution in [0.5, 0.6) is 5.88 Å². The maximum Gasteiger partial charge on any atom is 0.224 e. The van der Waals surface area contributed by atoms with Crippen LogP contribution < -0.4 is 9.64 Å². The van der Waals surface area contributed by atoms with Crippen molar-refractivity contribution in [2.75, 3.05) is 12.0 Å². The summed E-state index contributed by atoms with van der Waals surface area (Å²) < 4.78 is 19.9. The Morgan fingerprint density at radius 3 is 2.71 bits per heavy atom. The summed E-state index contributed by atoms with van der Waals surface area (Å²) in [5.41, 5.74) is 3.72. The highest BCUT2D eigenvalue weighted by Gasteiger charge is 2.21. The number of aromatic nitrogens is 2. The number of pyridine rings is 2. The second-order valence-corrected chi connectivity index (χ2v) is 6.45. The van der Waals surface area contributed by atoms with Gasteiger partial charge in [0, 0.05) is 30.3 Å². The third-order valence-corrected chi connectivity index (χ3v) is 4.66. The number of ether oxygens (including phenoxy) is 1. The fraction of sp³-hybridized carbons (Fsp3) is 0.136. The number of anilines is 1. The molecule has 1 amide bonds. The maximum absolute atomic E-state index is 14.9. The van der Waals surface area contributed by atoms with E-state index < -0.39 is 5.82 Å². The summed E-state index contributed by atoms with van der Waals surface area (Å²) in [5.74, 6) is -0.127. The normalized spacial score (nSPS) is 13.8. The number of halogens is 1. The first kappa shape index (κ1) is 17.9. The van der Waals surface area contributed by atoms with Crippen molar-refractivity contribution in [1.29, 1.82) is 0 Å². The van der Waals surface area contributed by atoms with E-state index in [0.717, 1.165) is 11.3 Å². The largest absolute Gasteiger partial charge is 0.481 e. The Morgan fingerprint density at radius 1 is 1.18 bits per heavy atom. The van der Waals surface area contributed by atoms with Gasteiger partial charge in [-0.15, -0.1) is 0 Å². The lowest BCUT2D eigenvalue weighted by molar-refractivity contribution is -0.116. The molecule has 0 saturated carbocycles. The van der Waals surface area contributed by atoms with Gasteiger partial charge in [0.05, 0.1) is 25.0 Å². The Hall–Kier alpha value is -3.54. The minimum absolute atomic E-state index is 0.113. The van der Waals surface area contributed by atoms with Crippen LogP contribution in [0.3, 0.4) is 0 Å². The maximum atomic E-state index is 14.9. The van der Waals surface area contributed by atoms with Gasteiger partial charge in [-0.05, 0) is 29.8 Å². The predicted molar refractivity (Wildman–Crippen MR) is 106 cm³/mol. The number of carbonyl (C=O) groups excluding carboxylic acids is 1. The zero-order valence-corrected chi connectivity index (χ0v) is 15.5. The number of amides is 1. The first-order valence-corrected chi connectivity index (χ1v) is 8.82. The molecule has 3 heterocycles. The molecule has 0 radical (unpaired) electrons. The molecular formula is C22H18FN3O2. The minimum Gasteiger partial charge on any atom is -0.481 e. The third-order valence-electron chi connectivity index (χ3n) is 4.66. The first-order chi connectivity index (χ1) is 13.6. The number of hydrogen-bond acceptors (Lipinski definition) is 4. The number of benzene rings is 1. The van der Waals surface area contributed by atoms with Crippen LogP contribution in [0, 0.1) is 5.82 Å². The van der Waals surface area contributed by atoms with Crippen molar-refractivity contribution in [3.63, 3.8) is 0 Å². The molecule has 5 nitrogen and oxygen atoms in total. The Bertz CT molecular complexity index is 1080. The first-order valence-electron chi connectivity index (χ1n) is 8.82. The quantitative estimate of drug-likeness (QED) is 0.669. The van der Waals surface area contributed by atoms with Crippen molar-refractivity contribution in [3.8, 4) is 17.1 Å². The topological polar surface area (TPSA) is 55.3 Å². The molecule has 6 heteroatoms. The number of nitrogens with zero attached hydrogens (tertiary/aromatic N) is 3. The van der Waals surface area contributed by atoms with Crippen molar-refractivity contribution in [2.24, 2.45) is 0 Å². The van der Waals surface area contributed by atoms with Crippen LogP contribution in [-0.2, 0) is 11.3 Å². The summed E-state index contributed by atoms with van der Waals surface area (Å²) in [5, 5.41) is 0. The molecular weight excluding hydrogens is 357 g/mol. The lowest BCUT2D eigenvalue weighted by Crippen LogP contribution is -2.29. The van der Waals surface area contributed by atoms with Crippen LogP contribution in [0.4, 0.5) is 10.1 Å². The van der Waals surface area contributed by atoms with Crippen molar-refractivity contribution in [2.45, 2.75) is 13.5 Å². The van der Waals surface area contributed by atoms with Gasteiger partial charge in [-0.3, -0.25) is 4.79 Å². The molecule has 28 heavy (non-hydrogen) atoms. The lowest BCUT2D eigenvalue weighted by Gasteiger charge is -2.25. The number of fused-ring (bicyclic) bond motifs is 2. The summed E-state index contributed by atoms with van der Waals surface area (Å²) in [6.07, 6.45) is 5.27. The summed E-state index contributed by atoms with van der Waals surface area (Å²) in [4.78, 5) is 22.5. The molecule has 1 aliphatic heterocycles. The zero-order chi connectivity index (χ0) is 19.7. The molecule has 0 saturated heterocycles. The highest BCUT2D eigenvalue weighted by atomic mass is 19.1. The van der Waals surface area contributed by atoms with E-state index in [1.165, 1.54) is 26.3 Å². The van der Waals surface area contributed by atoms with E-state index in [9.17, 15) is 9.18 Å². The van der Waals surface area contributed by atoms with E-state index in [2.05, 4.69) is 9.97 Å². The molecule has 0 aliphatic carbocycles. The number of methoxy groups -OCH3 is 1. The summed E-state index contributed by atoms with van der Waals surface area (Å²) in [6, 6.07) is 12.4. The van der Waals surface area contributed by atoms with Crippen LogP contribution in [0.25, 0.3) is 23.4 Å². The number of para-hydroxylation sites is 1. The molecule has 0 atom stereocenters. The highest BCUT2D eigenvalue weighted by molar-refractivity contribution is 5.95. The van der Waals surface area contributed by atoms with Gasteiger partial charge in [0.25, 0.3) is 0 Å². The van der Waals surface area contributed by atoms with Gasteiger partial charge in [-0.2, -0.15) is 0 Å². The van der Waals surface area contributed by atoms with E-state index in [-0.39, 0.29) is 18.1 Å². The van der Waals surface area contributed by atoms with Gasteiger partial charge in [-0.1, -0.05) is 24.3 Å². The molecule has 1 aliphatic rings. The molecule has 0 spiro atoms. The number of hydrogen-bond donors (Lipinski definition) is 0. The Morgan fingerprint density at radius 2 is 2.00 bits per heavy atom. The van der Waals surface area contributed by atoms with Gasteiger partial charge >= 0.3 is 0 Å². The van der Waals surface area contributed by atoms with Crippen LogP contribution in [0.15, 0.2) is 48.7 Å². The van der Waals surface area contributed by atoms with Crippen LogP contribution in [0.2, 0.25) is 0 Å². The fourth-order valence-electron chi connectivity index (χ4n) is 3.23. The van der Waals surface area contributed by atoms with Crippen LogP contribution in [-0.4, -0.2) is 23.0 Å². The molecule has 2 aromatic heterocycles. The highest BCUT2D eigenvalue weighted by Crippen LogP contribution is 2.31. The smallest absolute Gasteiger partial charge is 0.224 e. The molecule has 3 aromatic rings. The van der Waals surface area contributed by atoms with E-state index in [0.29, 0.717) is 22.7 Å². The second-order valence-electron chi connectivity index (χ2n) is 6.45. The molecule has 0 N–H and O–H groups in total. The monoisotopic (exact) mass is 375 g/mol. The number of carbonyl (C=O) groups is 1. The van der Waals surface area contributed by atoms with Gasteiger partial charge in [0.2, 0.25) is 11.8 Å². The Labute approximate surface area is 162 Å². The fourth-order valence-corrected chi connectivity index (χ4v) is 3.23. The zero-order valence-electron chi connectivity index (χ0n) is 15.5. The van der Waals surface area contributed by atoms with Crippen molar-refractivity contribution in [3.05, 3.63) is 71.3 Å². The second kappa shape index (κ2) is 7.23. The molecule has 1 aromatic carbocycles. The average Bonchev–Trinajstić information content (AvgIpc) is 2.70. The van der Waals surface area contributed by atoms with Gasteiger partial charge < -0.3 is 9.64 Å². The predicted octanol–water partition coefficient (Wildman–Crippen LogP) is 4.33. The summed E-state index contributed by atoms with van der Waals surface area (Å²) in [7, 11) is 1.52. The minimum atomic E-state index is -0.462. The number of rotatable bonds is 2. The lowest BCUT2D eigenvalue weighted by atomic mass is 10.0. The Kier molecular flexibility index (Phi) is 4.61. The van der Waals surface area contributed by atoms with Crippen LogP contribution in [0.1, 0.15) is 23.7 Å². The van der Waals surface area contributed by atoms with Crippen molar-refractivity contribution < 1.29 is 13.9 Å². The van der Waals surface area contributed by atoms with E-state index in [4.69, 9.17) is 4.74 Å². The molecule has 0 fully saturated rings. The van der Waals surface area contributed by atoms with Gasteiger partial charge in [-0.25, -0.2) is 14.4 Å². The summed E-state index contributed by atoms with van der Waals surface area (Å²) >= 11 is 0. The van der Waals surface area contributed by atoms with Crippen molar-refractivity contribution >= 4 is 23.7 Å². The Balaban J connectivity index is 1.83. The van der Waals surface area contributed by atoms with E-state index in [1.807, 2.05) is 36.4 Å². The molecule has 140 valence electrons. The van der Waals surface area contributed by atoms with E-state index >= 15 is 0 Å². The third kappa shape index (κ3) is 3.24. The SMILES string of the molecule is COc1ccc(-c2nc3c(cc2F)CN(C(C)=O)c2ccccc2/C=C\3)cn1. The molecule has 0 bridgehead atoms. The van der Waals surface area contributed by atoms with E-state index in [1.54, 1.807) is 17.0 Å². The standard InChI is InChI=1S/C22H18FN3O2/c1-14(27)26-13-17-11-18(23)22(16-8-10-21(28-2)24-12-16)25-19(17)9-7-15-5-3-4-6-20(15)26/h3-12H,13H2,1-2H3/b9-7-. The van der Waals surface area contributed by atoms with Crippen LogP contribution >= 0.6 is 0 Å². The van der Waals surface area contributed by atoms with Gasteiger partial charge in [0.15, 0.2) is 0 Å². The molecule has 0 unspecified atom stereocenters. The average molecular weight is 375 g/mol. The van der Waals surface area contributed by atoms with Gasteiger partial charge in [0.1, 0.15) is 11.5 Å². The van der Waals surface area contributed by atoms with Crippen molar-refractivity contribution in [1.82, 2.24) is 9.97 Å². The molecule has 4 rings (SSSR count).